The number of aromatic nitrogens is 5. The summed E-state index contributed by atoms with van der Waals surface area (Å²) >= 11 is 0. The molecule has 3 aromatic heterocycles. The van der Waals surface area contributed by atoms with Gasteiger partial charge >= 0.3 is 0 Å². The summed E-state index contributed by atoms with van der Waals surface area (Å²) in [6.07, 6.45) is 9.04. The molecule has 0 saturated heterocycles. The van der Waals surface area contributed by atoms with Gasteiger partial charge in [-0.15, -0.1) is 5.10 Å². The zero-order chi connectivity index (χ0) is 15.1. The predicted molar refractivity (Wildman–Crippen MR) is 83.5 cm³/mol. The second kappa shape index (κ2) is 4.87. The van der Waals surface area contributed by atoms with Gasteiger partial charge in [-0.3, -0.25) is 4.98 Å². The van der Waals surface area contributed by atoms with Crippen molar-refractivity contribution in [3.05, 3.63) is 48.0 Å². The van der Waals surface area contributed by atoms with Crippen LogP contribution in [-0.2, 0) is 12.8 Å². The number of hydrogen-bond donors (Lipinski definition) is 2. The lowest BCUT2D eigenvalue weighted by Crippen LogP contribution is -2.19. The maximum absolute atomic E-state index is 5.83. The molecule has 7 heteroatoms. The summed E-state index contributed by atoms with van der Waals surface area (Å²) in [5.41, 5.74) is 14.6. The van der Waals surface area contributed by atoms with Crippen LogP contribution in [0.2, 0.25) is 0 Å². The largest absolute Gasteiger partial charge is 0.368 e. The fourth-order valence-electron chi connectivity index (χ4n) is 3.08. The quantitative estimate of drug-likeness (QED) is 0.743. The maximum atomic E-state index is 5.83. The molecule has 3 heterocycles. The van der Waals surface area contributed by atoms with Crippen LogP contribution in [0, 0.1) is 0 Å². The zero-order valence-corrected chi connectivity index (χ0v) is 12.1. The van der Waals surface area contributed by atoms with E-state index in [0.717, 1.165) is 30.6 Å². The third kappa shape index (κ3) is 2.11. The molecule has 0 fully saturated rings. The number of hydrogen-bond acceptors (Lipinski definition) is 5. The molecule has 3 aromatic rings. The Morgan fingerprint density at radius 3 is 2.73 bits per heavy atom. The molecule has 0 radical (unpaired) electrons. The number of aryl methyl sites for hydroxylation is 1. The number of rotatable bonds is 2. The van der Waals surface area contributed by atoms with E-state index in [1.807, 2.05) is 0 Å². The summed E-state index contributed by atoms with van der Waals surface area (Å²) in [6.45, 7) is 0. The average molecular weight is 295 g/mol. The molecule has 0 aliphatic heterocycles. The second-order valence-corrected chi connectivity index (χ2v) is 5.57. The van der Waals surface area contributed by atoms with Crippen LogP contribution >= 0.6 is 0 Å². The van der Waals surface area contributed by atoms with E-state index in [0.29, 0.717) is 6.04 Å². The zero-order valence-electron chi connectivity index (χ0n) is 12.1. The molecular weight excluding hydrogens is 278 g/mol. The van der Waals surface area contributed by atoms with Gasteiger partial charge in [-0.25, -0.2) is 0 Å². The van der Waals surface area contributed by atoms with E-state index < -0.39 is 0 Å². The molecular formula is C15H17N7. The number of nitrogens with zero attached hydrogens (tertiary/aromatic N) is 5. The fraction of sp³-hybridized carbons (Fsp3) is 0.267. The highest BCUT2D eigenvalue weighted by atomic mass is 15.4. The lowest BCUT2D eigenvalue weighted by atomic mass is 9.91. The van der Waals surface area contributed by atoms with Crippen molar-refractivity contribution < 1.29 is 0 Å². The highest BCUT2D eigenvalue weighted by Gasteiger charge is 2.21. The molecule has 1 aliphatic carbocycles. The highest BCUT2D eigenvalue weighted by Crippen LogP contribution is 2.29. The summed E-state index contributed by atoms with van der Waals surface area (Å²) in [5.74, 6) is 0.442. The van der Waals surface area contributed by atoms with Gasteiger partial charge in [0.05, 0.1) is 11.9 Å². The van der Waals surface area contributed by atoms with Gasteiger partial charge in [-0.1, -0.05) is 0 Å². The number of anilines is 2. The van der Waals surface area contributed by atoms with Gasteiger partial charge in [-0.2, -0.15) is 9.67 Å². The first-order chi connectivity index (χ1) is 10.7. The minimum absolute atomic E-state index is 0.167. The molecule has 0 bridgehead atoms. The molecule has 4 rings (SSSR count). The first kappa shape index (κ1) is 12.9. The Labute approximate surface area is 127 Å². The Bertz CT molecular complexity index is 803. The number of nitrogens with two attached hydrogens (primary N) is 2. The number of fused-ring (bicyclic) bond motifs is 1. The fourth-order valence-corrected chi connectivity index (χ4v) is 3.08. The van der Waals surface area contributed by atoms with Gasteiger partial charge in [0.2, 0.25) is 11.9 Å². The van der Waals surface area contributed by atoms with Crippen molar-refractivity contribution in [1.82, 2.24) is 24.3 Å². The second-order valence-electron chi connectivity index (χ2n) is 5.57. The normalized spacial score (nSPS) is 17.4. The van der Waals surface area contributed by atoms with Crippen LogP contribution in [0.3, 0.4) is 0 Å². The van der Waals surface area contributed by atoms with Gasteiger partial charge in [0.15, 0.2) is 0 Å². The van der Waals surface area contributed by atoms with Crippen LogP contribution in [0.15, 0.2) is 36.8 Å². The Morgan fingerprint density at radius 2 is 2.00 bits per heavy atom. The maximum Gasteiger partial charge on any atom is 0.241 e. The highest BCUT2D eigenvalue weighted by molar-refractivity contribution is 5.42. The minimum Gasteiger partial charge on any atom is -0.368 e. The summed E-state index contributed by atoms with van der Waals surface area (Å²) in [6, 6.07) is 6.67. The topological polar surface area (TPSA) is 101 Å². The molecule has 1 unspecified atom stereocenters. The Balaban J connectivity index is 1.69. The van der Waals surface area contributed by atoms with E-state index in [2.05, 4.69) is 50.2 Å². The van der Waals surface area contributed by atoms with Crippen LogP contribution in [-0.4, -0.2) is 24.3 Å². The van der Waals surface area contributed by atoms with Crippen molar-refractivity contribution in [2.24, 2.45) is 0 Å². The number of pyridine rings is 1. The van der Waals surface area contributed by atoms with E-state index in [-0.39, 0.29) is 11.9 Å². The average Bonchev–Trinajstić information content (AvgIpc) is 3.16. The summed E-state index contributed by atoms with van der Waals surface area (Å²) in [7, 11) is 0. The smallest absolute Gasteiger partial charge is 0.241 e. The molecule has 7 nitrogen and oxygen atoms in total. The van der Waals surface area contributed by atoms with Crippen molar-refractivity contribution in [3.8, 4) is 5.69 Å². The van der Waals surface area contributed by atoms with Crippen LogP contribution in [0.4, 0.5) is 11.9 Å². The van der Waals surface area contributed by atoms with Crippen molar-refractivity contribution in [2.45, 2.75) is 25.3 Å². The number of nitrogen functional groups attached to an aromatic ring is 2. The van der Waals surface area contributed by atoms with Crippen LogP contribution in [0.25, 0.3) is 5.69 Å². The van der Waals surface area contributed by atoms with Gasteiger partial charge in [0, 0.05) is 24.1 Å². The van der Waals surface area contributed by atoms with Crippen LogP contribution in [0.1, 0.15) is 23.7 Å². The van der Waals surface area contributed by atoms with Gasteiger partial charge in [0.25, 0.3) is 0 Å². The standard InChI is InChI=1S/C15H17N7/c16-14-19-15(17)22(20-14)12-8-10-7-11(21-5-1-2-6-21)3-4-13(10)18-9-12/h1-2,5-6,8-9,11H,3-4,7H2,(H4,16,17,19,20). The lowest BCUT2D eigenvalue weighted by molar-refractivity contribution is 0.439. The Morgan fingerprint density at radius 1 is 1.18 bits per heavy atom. The molecule has 0 spiro atoms. The van der Waals surface area contributed by atoms with Crippen molar-refractivity contribution in [3.63, 3.8) is 0 Å². The van der Waals surface area contributed by atoms with E-state index in [1.54, 1.807) is 6.20 Å². The van der Waals surface area contributed by atoms with Crippen molar-refractivity contribution in [1.29, 1.82) is 0 Å². The predicted octanol–water partition coefficient (Wildman–Crippen LogP) is 1.36. The molecule has 112 valence electrons. The molecule has 0 aromatic carbocycles. The molecule has 0 amide bonds. The third-order valence-corrected chi connectivity index (χ3v) is 4.16. The SMILES string of the molecule is Nc1nc(N)n(-c2cnc3c(c2)CC(n2cccc2)CC3)n1. The van der Waals surface area contributed by atoms with Gasteiger partial charge in [-0.05, 0) is 43.0 Å². The molecule has 22 heavy (non-hydrogen) atoms. The van der Waals surface area contributed by atoms with E-state index >= 15 is 0 Å². The summed E-state index contributed by atoms with van der Waals surface area (Å²) < 4.78 is 3.79. The monoisotopic (exact) mass is 295 g/mol. The Kier molecular flexibility index (Phi) is 2.85. The van der Waals surface area contributed by atoms with Crippen LogP contribution < -0.4 is 11.5 Å². The van der Waals surface area contributed by atoms with E-state index in [4.69, 9.17) is 11.5 Å². The van der Waals surface area contributed by atoms with Crippen molar-refractivity contribution in [2.75, 3.05) is 11.5 Å². The Hall–Kier alpha value is -2.83. The van der Waals surface area contributed by atoms with E-state index in [1.165, 1.54) is 10.2 Å². The van der Waals surface area contributed by atoms with Gasteiger partial charge in [0.1, 0.15) is 0 Å². The third-order valence-electron chi connectivity index (χ3n) is 4.16. The first-order valence-corrected chi connectivity index (χ1v) is 7.29. The van der Waals surface area contributed by atoms with E-state index in [9.17, 15) is 0 Å². The van der Waals surface area contributed by atoms with Gasteiger partial charge < -0.3 is 16.0 Å². The van der Waals surface area contributed by atoms with Crippen LogP contribution in [0.5, 0.6) is 0 Å². The molecule has 1 aliphatic rings. The summed E-state index contributed by atoms with van der Waals surface area (Å²) in [5, 5.41) is 4.11. The molecule has 4 N–H and O–H groups in total. The molecule has 0 saturated carbocycles. The summed E-state index contributed by atoms with van der Waals surface area (Å²) in [4.78, 5) is 8.50. The molecule has 1 atom stereocenters. The van der Waals surface area contributed by atoms with Crippen molar-refractivity contribution >= 4 is 11.9 Å². The minimum atomic E-state index is 0.167. The lowest BCUT2D eigenvalue weighted by Gasteiger charge is -2.25. The first-order valence-electron chi connectivity index (χ1n) is 7.29.